The topological polar surface area (TPSA) is 47.0 Å². The van der Waals surface area contributed by atoms with Gasteiger partial charge in [-0.05, 0) is 30.2 Å². The second-order valence-electron chi connectivity index (χ2n) is 4.33. The van der Waals surface area contributed by atoms with Crippen molar-refractivity contribution in [2.24, 2.45) is 5.92 Å². The number of nitrogens with one attached hydrogen (secondary N) is 1. The van der Waals surface area contributed by atoms with Crippen LogP contribution < -0.4 is 5.32 Å². The number of aromatic nitrogens is 2. The lowest BCUT2D eigenvalue weighted by molar-refractivity contribution is 0.0595. The Morgan fingerprint density at radius 2 is 2.47 bits per heavy atom. The maximum absolute atomic E-state index is 5.47. The third-order valence-electron chi connectivity index (χ3n) is 3.07. The molecular weight excluding hydrogens is 234 g/mol. The van der Waals surface area contributed by atoms with Gasteiger partial charge in [-0.25, -0.2) is 9.97 Å². The number of anilines is 1. The van der Waals surface area contributed by atoms with E-state index in [1.54, 1.807) is 17.7 Å². The van der Waals surface area contributed by atoms with E-state index >= 15 is 0 Å². The van der Waals surface area contributed by atoms with Crippen LogP contribution in [0.25, 0.3) is 10.2 Å². The number of ether oxygens (including phenoxy) is 1. The Labute approximate surface area is 104 Å². The van der Waals surface area contributed by atoms with Gasteiger partial charge in [-0.2, -0.15) is 0 Å². The molecule has 1 aliphatic heterocycles. The van der Waals surface area contributed by atoms with Crippen LogP contribution >= 0.6 is 11.3 Å². The Bertz CT molecular complexity index is 493. The molecule has 0 bridgehead atoms. The Kier molecular flexibility index (Phi) is 3.20. The molecule has 4 nitrogen and oxygen atoms in total. The van der Waals surface area contributed by atoms with E-state index < -0.39 is 0 Å². The Morgan fingerprint density at radius 1 is 1.47 bits per heavy atom. The Balaban J connectivity index is 1.69. The van der Waals surface area contributed by atoms with Crippen molar-refractivity contribution in [2.45, 2.75) is 12.8 Å². The summed E-state index contributed by atoms with van der Waals surface area (Å²) in [5, 5.41) is 6.59. The lowest BCUT2D eigenvalue weighted by Gasteiger charge is -2.22. The van der Waals surface area contributed by atoms with Crippen LogP contribution in [0.1, 0.15) is 12.8 Å². The predicted molar refractivity (Wildman–Crippen MR) is 69.4 cm³/mol. The summed E-state index contributed by atoms with van der Waals surface area (Å²) in [7, 11) is 0. The molecule has 5 heteroatoms. The summed E-state index contributed by atoms with van der Waals surface area (Å²) in [6, 6.07) is 2.07. The van der Waals surface area contributed by atoms with Crippen molar-refractivity contribution in [1.82, 2.24) is 9.97 Å². The van der Waals surface area contributed by atoms with E-state index in [1.807, 2.05) is 5.38 Å². The zero-order chi connectivity index (χ0) is 11.5. The molecule has 1 N–H and O–H groups in total. The second-order valence-corrected chi connectivity index (χ2v) is 5.22. The largest absolute Gasteiger partial charge is 0.381 e. The fraction of sp³-hybridized carbons (Fsp3) is 0.500. The maximum atomic E-state index is 5.47. The molecular formula is C12H15N3OS. The van der Waals surface area contributed by atoms with Crippen molar-refractivity contribution in [2.75, 3.05) is 25.1 Å². The molecule has 0 radical (unpaired) electrons. The van der Waals surface area contributed by atoms with Gasteiger partial charge in [-0.15, -0.1) is 11.3 Å². The summed E-state index contributed by atoms with van der Waals surface area (Å²) < 4.78 is 5.47. The van der Waals surface area contributed by atoms with E-state index in [9.17, 15) is 0 Å². The molecule has 1 fully saturated rings. The number of rotatable bonds is 3. The molecule has 2 aromatic heterocycles. The number of fused-ring (bicyclic) bond motifs is 1. The summed E-state index contributed by atoms with van der Waals surface area (Å²) in [5.74, 6) is 1.55. The quantitative estimate of drug-likeness (QED) is 0.908. The first-order valence-corrected chi connectivity index (χ1v) is 6.81. The lowest BCUT2D eigenvalue weighted by atomic mass is 10.0. The van der Waals surface area contributed by atoms with Crippen molar-refractivity contribution in [3.8, 4) is 0 Å². The molecule has 3 heterocycles. The normalized spacial score (nSPS) is 20.6. The number of hydrogen-bond acceptors (Lipinski definition) is 5. The molecule has 0 aliphatic carbocycles. The van der Waals surface area contributed by atoms with Gasteiger partial charge in [-0.1, -0.05) is 0 Å². The summed E-state index contributed by atoms with van der Waals surface area (Å²) in [6.45, 7) is 2.71. The fourth-order valence-electron chi connectivity index (χ4n) is 2.14. The molecule has 1 unspecified atom stereocenters. The molecule has 0 aromatic carbocycles. The van der Waals surface area contributed by atoms with Crippen molar-refractivity contribution in [3.63, 3.8) is 0 Å². The van der Waals surface area contributed by atoms with E-state index in [4.69, 9.17) is 4.74 Å². The van der Waals surface area contributed by atoms with E-state index in [2.05, 4.69) is 21.4 Å². The third kappa shape index (κ3) is 2.40. The van der Waals surface area contributed by atoms with Gasteiger partial charge in [0.2, 0.25) is 0 Å². The van der Waals surface area contributed by atoms with Crippen LogP contribution in [0, 0.1) is 5.92 Å². The molecule has 2 aromatic rings. The van der Waals surface area contributed by atoms with Crippen LogP contribution in [0.5, 0.6) is 0 Å². The molecule has 17 heavy (non-hydrogen) atoms. The van der Waals surface area contributed by atoms with E-state index in [0.717, 1.165) is 35.8 Å². The van der Waals surface area contributed by atoms with Gasteiger partial charge in [0.15, 0.2) is 0 Å². The molecule has 90 valence electrons. The van der Waals surface area contributed by atoms with Crippen LogP contribution in [-0.2, 0) is 4.74 Å². The second kappa shape index (κ2) is 4.98. The minimum atomic E-state index is 0.604. The summed E-state index contributed by atoms with van der Waals surface area (Å²) in [6.07, 6.45) is 4.04. The molecule has 1 saturated heterocycles. The van der Waals surface area contributed by atoms with Crippen molar-refractivity contribution < 1.29 is 4.74 Å². The minimum absolute atomic E-state index is 0.604. The van der Waals surface area contributed by atoms with Crippen LogP contribution in [-0.4, -0.2) is 29.7 Å². The highest BCUT2D eigenvalue weighted by molar-refractivity contribution is 7.16. The van der Waals surface area contributed by atoms with Gasteiger partial charge in [0.05, 0.1) is 12.0 Å². The molecule has 1 aliphatic rings. The predicted octanol–water partition coefficient (Wildman–Crippen LogP) is 2.53. The van der Waals surface area contributed by atoms with Gasteiger partial charge in [0.25, 0.3) is 0 Å². The monoisotopic (exact) mass is 249 g/mol. The first-order valence-electron chi connectivity index (χ1n) is 5.93. The molecule has 3 rings (SSSR count). The zero-order valence-corrected chi connectivity index (χ0v) is 10.4. The van der Waals surface area contributed by atoms with Gasteiger partial charge in [-0.3, -0.25) is 0 Å². The molecule has 0 saturated carbocycles. The smallest absolute Gasteiger partial charge is 0.138 e. The Hall–Kier alpha value is -1.20. The van der Waals surface area contributed by atoms with Crippen LogP contribution in [0.3, 0.4) is 0 Å². The number of nitrogens with zero attached hydrogens (tertiary/aromatic N) is 2. The highest BCUT2D eigenvalue weighted by Crippen LogP contribution is 2.24. The summed E-state index contributed by atoms with van der Waals surface area (Å²) in [4.78, 5) is 9.59. The van der Waals surface area contributed by atoms with Gasteiger partial charge >= 0.3 is 0 Å². The van der Waals surface area contributed by atoms with Gasteiger partial charge in [0.1, 0.15) is 17.0 Å². The SMILES string of the molecule is c1nc(NCC2CCCOC2)c2ccsc2n1. The van der Waals surface area contributed by atoms with Crippen LogP contribution in [0.4, 0.5) is 5.82 Å². The average molecular weight is 249 g/mol. The van der Waals surface area contributed by atoms with E-state index in [0.29, 0.717) is 5.92 Å². The van der Waals surface area contributed by atoms with Crippen molar-refractivity contribution in [1.29, 1.82) is 0 Å². The summed E-state index contributed by atoms with van der Waals surface area (Å²) >= 11 is 1.65. The minimum Gasteiger partial charge on any atom is -0.381 e. The highest BCUT2D eigenvalue weighted by Gasteiger charge is 2.14. The number of hydrogen-bond donors (Lipinski definition) is 1. The first-order chi connectivity index (χ1) is 8.43. The van der Waals surface area contributed by atoms with Crippen LogP contribution in [0.2, 0.25) is 0 Å². The van der Waals surface area contributed by atoms with Gasteiger partial charge in [0, 0.05) is 13.2 Å². The van der Waals surface area contributed by atoms with E-state index in [1.165, 1.54) is 12.8 Å². The van der Waals surface area contributed by atoms with Crippen molar-refractivity contribution >= 4 is 27.4 Å². The fourth-order valence-corrected chi connectivity index (χ4v) is 2.87. The Morgan fingerprint density at radius 3 is 3.35 bits per heavy atom. The van der Waals surface area contributed by atoms with Crippen molar-refractivity contribution in [3.05, 3.63) is 17.8 Å². The van der Waals surface area contributed by atoms with Gasteiger partial charge < -0.3 is 10.1 Å². The molecule has 0 spiro atoms. The van der Waals surface area contributed by atoms with E-state index in [-0.39, 0.29) is 0 Å². The first kappa shape index (κ1) is 10.9. The summed E-state index contributed by atoms with van der Waals surface area (Å²) in [5.41, 5.74) is 0. The molecule has 0 amide bonds. The molecule has 1 atom stereocenters. The standard InChI is InChI=1S/C12H15N3OS/c1-2-9(7-16-4-1)6-13-11-10-3-5-17-12(10)15-8-14-11/h3,5,8-9H,1-2,4,6-7H2,(H,13,14,15). The zero-order valence-electron chi connectivity index (χ0n) is 9.56. The highest BCUT2D eigenvalue weighted by atomic mass is 32.1. The average Bonchev–Trinajstić information content (AvgIpc) is 2.86. The number of thiophene rings is 1. The lowest BCUT2D eigenvalue weighted by Crippen LogP contribution is -2.24. The van der Waals surface area contributed by atoms with Crippen LogP contribution in [0.15, 0.2) is 17.8 Å². The third-order valence-corrected chi connectivity index (χ3v) is 3.90. The maximum Gasteiger partial charge on any atom is 0.138 e.